The molecule has 1 aliphatic heterocycles. The van der Waals surface area contributed by atoms with Gasteiger partial charge in [-0.25, -0.2) is 4.98 Å². The third-order valence-electron chi connectivity index (χ3n) is 3.98. The van der Waals surface area contributed by atoms with Crippen molar-refractivity contribution in [2.24, 2.45) is 5.92 Å². The number of anilines is 1. The van der Waals surface area contributed by atoms with Gasteiger partial charge in [-0.15, -0.1) is 0 Å². The minimum absolute atomic E-state index is 0. The number of aromatic nitrogens is 1. The van der Waals surface area contributed by atoms with Crippen LogP contribution in [0.3, 0.4) is 0 Å². The fraction of sp³-hybridized carbons (Fsp3) is 0.591. The molecule has 2 N–H and O–H groups in total. The maximum Gasteiger partial charge on any atom is 1.00 e. The number of nitrogens with zero attached hydrogens (tertiary/aromatic N) is 1. The van der Waals surface area contributed by atoms with Crippen molar-refractivity contribution in [3.8, 4) is 0 Å². The standard InChI is InChI=1S/C12H17N2.C5H9O2.C5H11O.Li/c1-2-3-6-11-8-7-10-5-4-9-13-12(10)14-11;1-3-4(2)5(6)7;1-3-5-6-4-2;/h7-8H,1-6,9H2,(H,13,14);4H,1,3H2,2H3,(H,6,7);3H,4-5H2,1-2H3;/q3*-1;+1/t;4-;;/m.0../s1. The van der Waals surface area contributed by atoms with E-state index < -0.39 is 5.97 Å². The molecule has 0 amide bonds. The molecule has 2 heterocycles. The number of carbonyl (C=O) groups is 1. The van der Waals surface area contributed by atoms with Gasteiger partial charge in [-0.05, 0) is 37.8 Å². The van der Waals surface area contributed by atoms with E-state index in [-0.39, 0.29) is 24.8 Å². The predicted molar refractivity (Wildman–Crippen MR) is 113 cm³/mol. The summed E-state index contributed by atoms with van der Waals surface area (Å²) in [5, 5.41) is 11.5. The van der Waals surface area contributed by atoms with Gasteiger partial charge in [-0.3, -0.25) is 4.79 Å². The molecule has 6 heteroatoms. The number of aryl methyl sites for hydroxylation is 2. The van der Waals surface area contributed by atoms with Crippen LogP contribution in [0.2, 0.25) is 0 Å². The summed E-state index contributed by atoms with van der Waals surface area (Å²) in [5.41, 5.74) is 2.57. The molecule has 28 heavy (non-hydrogen) atoms. The van der Waals surface area contributed by atoms with Gasteiger partial charge in [0.1, 0.15) is 5.82 Å². The third-order valence-corrected chi connectivity index (χ3v) is 3.98. The van der Waals surface area contributed by atoms with Gasteiger partial charge in [0.2, 0.25) is 0 Å². The number of carboxylic acid groups (broad SMARTS) is 1. The van der Waals surface area contributed by atoms with Crippen molar-refractivity contribution < 1.29 is 33.5 Å². The second-order valence-electron chi connectivity index (χ2n) is 6.39. The van der Waals surface area contributed by atoms with Gasteiger partial charge in [0, 0.05) is 24.8 Å². The Balaban J connectivity index is 0. The van der Waals surface area contributed by atoms with Crippen LogP contribution in [0.4, 0.5) is 5.82 Å². The molecule has 0 saturated heterocycles. The Morgan fingerprint density at radius 2 is 2.14 bits per heavy atom. The Hall–Kier alpha value is -1.02. The number of hydrogen-bond acceptors (Lipinski definition) is 4. The molecule has 1 aromatic rings. The molecule has 0 aliphatic carbocycles. The molecule has 0 spiro atoms. The first kappa shape index (κ1) is 29.2. The maximum absolute atomic E-state index is 9.89. The van der Waals surface area contributed by atoms with Gasteiger partial charge in [0.05, 0.1) is 0 Å². The average Bonchev–Trinajstić information content (AvgIpc) is 2.70. The first-order valence-electron chi connectivity index (χ1n) is 9.89. The largest absolute Gasteiger partial charge is 1.00 e. The molecule has 5 nitrogen and oxygen atoms in total. The van der Waals surface area contributed by atoms with Crippen molar-refractivity contribution in [3.63, 3.8) is 0 Å². The smallest absolute Gasteiger partial charge is 0.481 e. The normalized spacial score (nSPS) is 12.6. The molecule has 1 atom stereocenters. The minimum Gasteiger partial charge on any atom is -0.481 e. The number of hydrogen-bond donors (Lipinski definition) is 2. The van der Waals surface area contributed by atoms with Gasteiger partial charge in [0.15, 0.2) is 0 Å². The monoisotopic (exact) mass is 384 g/mol. The summed E-state index contributed by atoms with van der Waals surface area (Å²) in [6.07, 6.45) is 8.03. The molecule has 0 aromatic carbocycles. The van der Waals surface area contributed by atoms with E-state index >= 15 is 0 Å². The molecular formula is C22H37LiN2O3-2. The second kappa shape index (κ2) is 19.3. The fourth-order valence-electron chi connectivity index (χ4n) is 2.17. The summed E-state index contributed by atoms with van der Waals surface area (Å²) >= 11 is 0. The average molecular weight is 384 g/mol. The van der Waals surface area contributed by atoms with Crippen LogP contribution in [0.25, 0.3) is 0 Å². The summed E-state index contributed by atoms with van der Waals surface area (Å²) in [6.45, 7) is 15.6. The molecule has 0 bridgehead atoms. The molecule has 0 unspecified atom stereocenters. The van der Waals surface area contributed by atoms with Crippen LogP contribution in [-0.4, -0.2) is 35.8 Å². The van der Waals surface area contributed by atoms with E-state index in [1.54, 1.807) is 6.92 Å². The van der Waals surface area contributed by atoms with Gasteiger partial charge in [0.25, 0.3) is 0 Å². The summed E-state index contributed by atoms with van der Waals surface area (Å²) < 4.78 is 4.93. The predicted octanol–water partition coefficient (Wildman–Crippen LogP) is 1.78. The van der Waals surface area contributed by atoms with Crippen LogP contribution in [-0.2, 0) is 22.4 Å². The Morgan fingerprint density at radius 3 is 2.61 bits per heavy atom. The number of unbranched alkanes of at least 4 members (excludes halogenated alkanes) is 1. The van der Waals surface area contributed by atoms with Crippen molar-refractivity contribution in [2.75, 3.05) is 25.1 Å². The summed E-state index contributed by atoms with van der Waals surface area (Å²) in [7, 11) is 0. The van der Waals surface area contributed by atoms with E-state index in [1.807, 2.05) is 20.3 Å². The van der Waals surface area contributed by atoms with E-state index in [1.165, 1.54) is 24.1 Å². The first-order chi connectivity index (χ1) is 13.0. The number of aliphatic carboxylic acids is 1. The van der Waals surface area contributed by atoms with E-state index in [0.29, 0.717) is 6.42 Å². The Labute approximate surface area is 184 Å². The van der Waals surface area contributed by atoms with Gasteiger partial charge >= 0.3 is 24.8 Å². The van der Waals surface area contributed by atoms with Crippen LogP contribution in [0.1, 0.15) is 57.7 Å². The third kappa shape index (κ3) is 14.0. The van der Waals surface area contributed by atoms with Crippen LogP contribution in [0.5, 0.6) is 0 Å². The number of carboxylic acids is 1. The topological polar surface area (TPSA) is 71.5 Å². The van der Waals surface area contributed by atoms with Crippen molar-refractivity contribution in [1.82, 2.24) is 4.98 Å². The van der Waals surface area contributed by atoms with Gasteiger partial charge < -0.3 is 35.4 Å². The maximum atomic E-state index is 9.89. The number of fused-ring (bicyclic) bond motifs is 1. The fourth-order valence-corrected chi connectivity index (χ4v) is 2.17. The molecule has 1 aromatic heterocycles. The number of ether oxygens (including phenoxy) is 1. The van der Waals surface area contributed by atoms with E-state index in [0.717, 1.165) is 44.8 Å². The zero-order valence-corrected chi connectivity index (χ0v) is 18.3. The number of pyridine rings is 1. The van der Waals surface area contributed by atoms with Crippen LogP contribution in [0, 0.1) is 26.2 Å². The van der Waals surface area contributed by atoms with Crippen molar-refractivity contribution in [3.05, 3.63) is 43.7 Å². The SMILES string of the molecule is C[CH-]COCC.[CH2-]CCCc1ccc2c(n1)NCCC2.[CH2-]C[C@H](C)C(=O)O.[Li+]. The number of nitrogens with one attached hydrogen (secondary N) is 1. The van der Waals surface area contributed by atoms with E-state index in [9.17, 15) is 4.79 Å². The molecular weight excluding hydrogens is 347 g/mol. The zero-order valence-electron chi connectivity index (χ0n) is 18.3. The van der Waals surface area contributed by atoms with Crippen molar-refractivity contribution >= 4 is 11.8 Å². The summed E-state index contributed by atoms with van der Waals surface area (Å²) in [6, 6.07) is 4.37. The van der Waals surface area contributed by atoms with Crippen molar-refractivity contribution in [2.45, 2.75) is 59.3 Å². The Kier molecular flexibility index (Phi) is 20.1. The zero-order chi connectivity index (χ0) is 20.5. The molecule has 0 saturated carbocycles. The van der Waals surface area contributed by atoms with Gasteiger partial charge in [-0.1, -0.05) is 26.0 Å². The second-order valence-corrected chi connectivity index (χ2v) is 6.39. The minimum atomic E-state index is -0.769. The first-order valence-corrected chi connectivity index (χ1v) is 9.89. The quantitative estimate of drug-likeness (QED) is 0.406. The number of rotatable bonds is 8. The van der Waals surface area contributed by atoms with Crippen LogP contribution in [0.15, 0.2) is 12.1 Å². The van der Waals surface area contributed by atoms with Crippen molar-refractivity contribution in [1.29, 1.82) is 0 Å². The van der Waals surface area contributed by atoms with Crippen LogP contribution >= 0.6 is 0 Å². The van der Waals surface area contributed by atoms with E-state index in [2.05, 4.69) is 36.3 Å². The molecule has 0 radical (unpaired) electrons. The molecule has 156 valence electrons. The summed E-state index contributed by atoms with van der Waals surface area (Å²) in [5.74, 6) is 0.0489. The molecule has 1 aliphatic rings. The Morgan fingerprint density at radius 1 is 1.43 bits per heavy atom. The molecule has 2 rings (SSSR count). The Bertz CT molecular complexity index is 509. The molecule has 0 fully saturated rings. The van der Waals surface area contributed by atoms with E-state index in [4.69, 9.17) is 9.84 Å². The van der Waals surface area contributed by atoms with Crippen LogP contribution < -0.4 is 24.2 Å². The summed E-state index contributed by atoms with van der Waals surface area (Å²) in [4.78, 5) is 14.5. The van der Waals surface area contributed by atoms with Gasteiger partial charge in [-0.2, -0.15) is 19.8 Å².